The molecule has 0 aromatic heterocycles. The van der Waals surface area contributed by atoms with Crippen LogP contribution in [0.3, 0.4) is 0 Å². The van der Waals surface area contributed by atoms with Crippen LogP contribution in [0.4, 0.5) is 4.39 Å². The first-order valence-electron chi connectivity index (χ1n) is 5.09. The number of alkyl halides is 1. The van der Waals surface area contributed by atoms with Gasteiger partial charge in [0, 0.05) is 11.3 Å². The summed E-state index contributed by atoms with van der Waals surface area (Å²) in [5.41, 5.74) is 0.722. The molecule has 1 saturated carbocycles. The fourth-order valence-electron chi connectivity index (χ4n) is 2.42. The Labute approximate surface area is 89.1 Å². The second-order valence-electron chi connectivity index (χ2n) is 4.10. The van der Waals surface area contributed by atoms with Gasteiger partial charge in [-0.2, -0.15) is 0 Å². The Morgan fingerprint density at radius 1 is 1.21 bits per heavy atom. The fraction of sp³-hybridized carbons (Fsp3) is 0.500. The Morgan fingerprint density at radius 3 is 2.43 bits per heavy atom. The average Bonchev–Trinajstić information content (AvgIpc) is 2.68. The summed E-state index contributed by atoms with van der Waals surface area (Å²) in [5, 5.41) is 0. The van der Waals surface area contributed by atoms with E-state index in [4.69, 9.17) is 11.6 Å². The zero-order valence-corrected chi connectivity index (χ0v) is 8.86. The van der Waals surface area contributed by atoms with Crippen molar-refractivity contribution in [1.29, 1.82) is 0 Å². The normalized spacial score (nSPS) is 19.9. The fourth-order valence-corrected chi connectivity index (χ4v) is 2.83. The molecule has 0 spiro atoms. The molecule has 0 nitrogen and oxygen atoms in total. The van der Waals surface area contributed by atoms with Crippen molar-refractivity contribution in [3.05, 3.63) is 35.6 Å². The smallest absolute Gasteiger partial charge is 0.127 e. The largest absolute Gasteiger partial charge is 0.207 e. The Bertz CT molecular complexity index is 316. The second-order valence-corrected chi connectivity index (χ2v) is 4.37. The number of hydrogen-bond donors (Lipinski definition) is 0. The first-order chi connectivity index (χ1) is 6.78. The van der Waals surface area contributed by atoms with Crippen molar-refractivity contribution in [2.75, 3.05) is 5.88 Å². The molecule has 0 radical (unpaired) electrons. The number of rotatable bonds is 2. The van der Waals surface area contributed by atoms with E-state index in [2.05, 4.69) is 0 Å². The molecule has 0 N–H and O–H groups in total. The maximum Gasteiger partial charge on any atom is 0.127 e. The Morgan fingerprint density at radius 2 is 1.86 bits per heavy atom. The van der Waals surface area contributed by atoms with Crippen LogP contribution < -0.4 is 0 Å². The maximum atomic E-state index is 13.6. The highest BCUT2D eigenvalue weighted by molar-refractivity contribution is 6.18. The minimum atomic E-state index is -0.102. The summed E-state index contributed by atoms with van der Waals surface area (Å²) in [7, 11) is 0. The minimum absolute atomic E-state index is 0.0904. The van der Waals surface area contributed by atoms with Crippen molar-refractivity contribution in [2.45, 2.75) is 31.1 Å². The summed E-state index contributed by atoms with van der Waals surface area (Å²) in [5.74, 6) is 0.434. The molecule has 14 heavy (non-hydrogen) atoms. The van der Waals surface area contributed by atoms with Gasteiger partial charge in [0.25, 0.3) is 0 Å². The highest BCUT2D eigenvalue weighted by Gasteiger charge is 2.36. The van der Waals surface area contributed by atoms with Gasteiger partial charge < -0.3 is 0 Å². The van der Waals surface area contributed by atoms with Gasteiger partial charge in [0.05, 0.1) is 0 Å². The summed E-state index contributed by atoms with van der Waals surface area (Å²) >= 11 is 6.00. The van der Waals surface area contributed by atoms with Crippen molar-refractivity contribution in [2.24, 2.45) is 0 Å². The number of benzene rings is 1. The highest BCUT2D eigenvalue weighted by Crippen LogP contribution is 2.42. The summed E-state index contributed by atoms with van der Waals surface area (Å²) in [6.45, 7) is 0. The number of halogens is 2. The van der Waals surface area contributed by atoms with Crippen LogP contribution in [0.2, 0.25) is 0 Å². The Kier molecular flexibility index (Phi) is 2.78. The van der Waals surface area contributed by atoms with Crippen LogP contribution in [0, 0.1) is 5.82 Å². The van der Waals surface area contributed by atoms with Crippen molar-refractivity contribution < 1.29 is 4.39 Å². The molecule has 0 unspecified atom stereocenters. The molecule has 1 aromatic rings. The SMILES string of the molecule is Fc1ccccc1C1(CCl)CCCC1. The molecule has 1 fully saturated rings. The van der Waals surface area contributed by atoms with E-state index in [0.717, 1.165) is 18.4 Å². The van der Waals surface area contributed by atoms with E-state index in [1.807, 2.05) is 12.1 Å². The lowest BCUT2D eigenvalue weighted by atomic mass is 9.80. The molecule has 1 aliphatic carbocycles. The van der Waals surface area contributed by atoms with Gasteiger partial charge in [-0.1, -0.05) is 31.0 Å². The van der Waals surface area contributed by atoms with E-state index >= 15 is 0 Å². The molecule has 0 heterocycles. The lowest BCUT2D eigenvalue weighted by molar-refractivity contribution is 0.462. The Hall–Kier alpha value is -0.560. The second kappa shape index (κ2) is 3.90. The van der Waals surface area contributed by atoms with Gasteiger partial charge in [0.2, 0.25) is 0 Å². The van der Waals surface area contributed by atoms with Crippen LogP contribution in [0.25, 0.3) is 0 Å². The van der Waals surface area contributed by atoms with Gasteiger partial charge in [0.15, 0.2) is 0 Å². The zero-order valence-electron chi connectivity index (χ0n) is 8.10. The van der Waals surface area contributed by atoms with Gasteiger partial charge >= 0.3 is 0 Å². The third-order valence-corrected chi connectivity index (χ3v) is 3.77. The molecule has 0 aliphatic heterocycles. The highest BCUT2D eigenvalue weighted by atomic mass is 35.5. The standard InChI is InChI=1S/C12H14ClF/c13-9-12(7-3-4-8-12)10-5-1-2-6-11(10)14/h1-2,5-6H,3-4,7-9H2. The predicted molar refractivity (Wildman–Crippen MR) is 57.3 cm³/mol. The molecule has 0 bridgehead atoms. The first kappa shape index (κ1) is 9.97. The van der Waals surface area contributed by atoms with Gasteiger partial charge in [-0.25, -0.2) is 4.39 Å². The van der Waals surface area contributed by atoms with Crippen molar-refractivity contribution in [1.82, 2.24) is 0 Å². The quantitative estimate of drug-likeness (QED) is 0.653. The van der Waals surface area contributed by atoms with E-state index in [1.54, 1.807) is 6.07 Å². The molecule has 2 heteroatoms. The molecule has 0 atom stereocenters. The van der Waals surface area contributed by atoms with E-state index < -0.39 is 0 Å². The summed E-state index contributed by atoms with van der Waals surface area (Å²) < 4.78 is 13.6. The molecule has 1 aliphatic rings. The van der Waals surface area contributed by atoms with Gasteiger partial charge in [-0.3, -0.25) is 0 Å². The predicted octanol–water partition coefficient (Wildman–Crippen LogP) is 3.88. The maximum absolute atomic E-state index is 13.6. The van der Waals surface area contributed by atoms with Crippen LogP contribution >= 0.6 is 11.6 Å². The summed E-state index contributed by atoms with van der Waals surface area (Å²) in [6, 6.07) is 7.03. The third kappa shape index (κ3) is 1.54. The van der Waals surface area contributed by atoms with Gasteiger partial charge in [-0.15, -0.1) is 11.6 Å². The molecule has 2 rings (SSSR count). The van der Waals surface area contributed by atoms with Gasteiger partial charge in [0.1, 0.15) is 5.82 Å². The van der Waals surface area contributed by atoms with Crippen LogP contribution in [0.1, 0.15) is 31.2 Å². The van der Waals surface area contributed by atoms with Gasteiger partial charge in [-0.05, 0) is 24.5 Å². The van der Waals surface area contributed by atoms with E-state index in [0.29, 0.717) is 5.88 Å². The van der Waals surface area contributed by atoms with E-state index in [9.17, 15) is 4.39 Å². The minimum Gasteiger partial charge on any atom is -0.207 e. The van der Waals surface area contributed by atoms with E-state index in [-0.39, 0.29) is 11.2 Å². The lowest BCUT2D eigenvalue weighted by Crippen LogP contribution is -2.25. The van der Waals surface area contributed by atoms with Crippen LogP contribution in [0.5, 0.6) is 0 Å². The average molecular weight is 213 g/mol. The molecular formula is C12H14ClF. The molecule has 1 aromatic carbocycles. The monoisotopic (exact) mass is 212 g/mol. The van der Waals surface area contributed by atoms with Crippen LogP contribution in [0.15, 0.2) is 24.3 Å². The lowest BCUT2D eigenvalue weighted by Gasteiger charge is -2.27. The molecule has 0 saturated heterocycles. The van der Waals surface area contributed by atoms with Crippen molar-refractivity contribution in [3.63, 3.8) is 0 Å². The van der Waals surface area contributed by atoms with Crippen molar-refractivity contribution in [3.8, 4) is 0 Å². The number of hydrogen-bond acceptors (Lipinski definition) is 0. The molecular weight excluding hydrogens is 199 g/mol. The van der Waals surface area contributed by atoms with Crippen LogP contribution in [-0.4, -0.2) is 5.88 Å². The first-order valence-corrected chi connectivity index (χ1v) is 5.63. The summed E-state index contributed by atoms with van der Waals surface area (Å²) in [6.07, 6.45) is 4.39. The third-order valence-electron chi connectivity index (χ3n) is 3.26. The van der Waals surface area contributed by atoms with Crippen LogP contribution in [-0.2, 0) is 5.41 Å². The summed E-state index contributed by atoms with van der Waals surface area (Å²) in [4.78, 5) is 0. The van der Waals surface area contributed by atoms with Crippen molar-refractivity contribution >= 4 is 11.6 Å². The molecule has 76 valence electrons. The topological polar surface area (TPSA) is 0 Å². The van der Waals surface area contributed by atoms with E-state index in [1.165, 1.54) is 18.9 Å². The zero-order chi connectivity index (χ0) is 10.0. The molecule has 0 amide bonds. The Balaban J connectivity index is 2.41.